The third-order valence-electron chi connectivity index (χ3n) is 13.1. The summed E-state index contributed by atoms with van der Waals surface area (Å²) in [7, 11) is 2.10. The molecule has 0 amide bonds. The Labute approximate surface area is 347 Å². The van der Waals surface area contributed by atoms with Crippen molar-refractivity contribution in [2.24, 2.45) is 7.05 Å². The fourth-order valence-corrected chi connectivity index (χ4v) is 10.3. The van der Waals surface area contributed by atoms with Crippen molar-refractivity contribution in [3.05, 3.63) is 200 Å². The minimum Gasteiger partial charge on any atom is -0.327 e. The van der Waals surface area contributed by atoms with E-state index in [9.17, 15) is 0 Å². The van der Waals surface area contributed by atoms with E-state index in [1.54, 1.807) is 0 Å². The van der Waals surface area contributed by atoms with Gasteiger partial charge in [0.25, 0.3) is 0 Å². The molecule has 2 heteroatoms. The highest BCUT2D eigenvalue weighted by atomic mass is 15.1. The van der Waals surface area contributed by atoms with E-state index < -0.39 is 0 Å². The van der Waals surface area contributed by atoms with Gasteiger partial charge < -0.3 is 4.57 Å². The van der Waals surface area contributed by atoms with E-state index in [4.69, 9.17) is 4.98 Å². The van der Waals surface area contributed by atoms with Crippen LogP contribution in [-0.2, 0) is 7.05 Å². The number of para-hydroxylation sites is 2. The highest BCUT2D eigenvalue weighted by Gasteiger charge is 2.26. The van der Waals surface area contributed by atoms with Crippen LogP contribution in [0.25, 0.3) is 132 Å². The Hall–Kier alpha value is -7.81. The average molecular weight is 761 g/mol. The molecular weight excluding hydrogens is 725 g/mol. The van der Waals surface area contributed by atoms with Gasteiger partial charge in [-0.15, -0.1) is 0 Å². The van der Waals surface area contributed by atoms with E-state index in [1.807, 2.05) is 6.07 Å². The van der Waals surface area contributed by atoms with Gasteiger partial charge in [0, 0.05) is 12.6 Å². The minimum absolute atomic E-state index is 0.975. The summed E-state index contributed by atoms with van der Waals surface area (Å²) in [6, 6.07) is 74.0. The van der Waals surface area contributed by atoms with Crippen molar-refractivity contribution in [3.63, 3.8) is 0 Å². The lowest BCUT2D eigenvalue weighted by molar-refractivity contribution is 0.959. The number of aromatic nitrogens is 2. The Morgan fingerprint density at radius 3 is 1.48 bits per heavy atom. The first-order chi connectivity index (χ1) is 29.7. The molecule has 0 bridgehead atoms. The van der Waals surface area contributed by atoms with Crippen LogP contribution in [0, 0.1) is 0 Å². The summed E-state index contributed by atoms with van der Waals surface area (Å²) in [6.07, 6.45) is 0. The van der Waals surface area contributed by atoms with Gasteiger partial charge in [0.2, 0.25) is 0 Å². The van der Waals surface area contributed by atoms with Crippen LogP contribution in [0.1, 0.15) is 0 Å². The second-order valence-electron chi connectivity index (χ2n) is 16.3. The fraction of sp³-hybridized carbons (Fsp3) is 0.0172. The summed E-state index contributed by atoms with van der Waals surface area (Å²) in [4.78, 5) is 4.96. The Kier molecular flexibility index (Phi) is 6.97. The normalized spacial score (nSPS) is 12.1. The number of benzene rings is 11. The molecule has 0 fully saturated rings. The standard InChI is InChI=1S/C58H36N2/c1-60-54-20-9-8-19-53(54)59-58(60)38-27-23-36(24-28-38)40-30-32-49-52(34-40)57-47-16-7-6-15-45(47)48-17-10-18-50(56(48)57)55(49)37-25-21-35(22-26-37)39-29-31-46-43-13-3-2-11-41(43)42-12-4-5-14-44(42)51(46)33-39/h2-34H,1H3. The Bertz CT molecular complexity index is 3720. The van der Waals surface area contributed by atoms with Gasteiger partial charge in [-0.05, 0) is 134 Å². The van der Waals surface area contributed by atoms with Gasteiger partial charge in [-0.2, -0.15) is 0 Å². The van der Waals surface area contributed by atoms with Crippen molar-refractivity contribution < 1.29 is 0 Å². The zero-order chi connectivity index (χ0) is 39.5. The smallest absolute Gasteiger partial charge is 0.140 e. The molecular formula is C58H36N2. The van der Waals surface area contributed by atoms with Crippen molar-refractivity contribution in [3.8, 4) is 67.0 Å². The second kappa shape index (κ2) is 12.6. The van der Waals surface area contributed by atoms with Crippen molar-refractivity contribution >= 4 is 64.9 Å². The topological polar surface area (TPSA) is 17.8 Å². The molecule has 0 saturated heterocycles. The van der Waals surface area contributed by atoms with E-state index in [2.05, 4.69) is 206 Å². The number of fused-ring (bicyclic) bond motifs is 12. The maximum atomic E-state index is 4.96. The SMILES string of the molecule is Cn1c(-c2ccc(-c3ccc4c(-c5ccc(-c6ccc7c8ccccc8c8ccccc8c7c6)cc5)c5cccc6c5c(c4c3)-c3ccccc3-6)cc2)nc2ccccc21. The Morgan fingerprint density at radius 1 is 0.317 bits per heavy atom. The molecule has 12 aromatic rings. The molecule has 60 heavy (non-hydrogen) atoms. The number of hydrogen-bond acceptors (Lipinski definition) is 1. The largest absolute Gasteiger partial charge is 0.327 e. The predicted molar refractivity (Wildman–Crippen MR) is 254 cm³/mol. The van der Waals surface area contributed by atoms with Gasteiger partial charge in [0.15, 0.2) is 0 Å². The van der Waals surface area contributed by atoms with Crippen molar-refractivity contribution in [1.82, 2.24) is 9.55 Å². The number of imidazole rings is 1. The quantitative estimate of drug-likeness (QED) is 0.129. The molecule has 2 nitrogen and oxygen atoms in total. The van der Waals surface area contributed by atoms with Gasteiger partial charge in [-0.25, -0.2) is 4.98 Å². The summed E-state index contributed by atoms with van der Waals surface area (Å²) in [6.45, 7) is 0. The molecule has 0 spiro atoms. The molecule has 0 atom stereocenters. The van der Waals surface area contributed by atoms with Crippen molar-refractivity contribution in [2.45, 2.75) is 0 Å². The Morgan fingerprint density at radius 2 is 0.800 bits per heavy atom. The number of rotatable bonds is 4. The molecule has 1 aliphatic carbocycles. The lowest BCUT2D eigenvalue weighted by Gasteiger charge is -2.17. The molecule has 278 valence electrons. The maximum absolute atomic E-state index is 4.96. The molecule has 1 aliphatic rings. The second-order valence-corrected chi connectivity index (χ2v) is 16.3. The van der Waals surface area contributed by atoms with Crippen LogP contribution in [0.3, 0.4) is 0 Å². The monoisotopic (exact) mass is 760 g/mol. The van der Waals surface area contributed by atoms with Crippen LogP contribution >= 0.6 is 0 Å². The van der Waals surface area contributed by atoms with Gasteiger partial charge in [-0.1, -0.05) is 176 Å². The molecule has 13 rings (SSSR count). The average Bonchev–Trinajstić information content (AvgIpc) is 3.84. The van der Waals surface area contributed by atoms with Crippen molar-refractivity contribution in [2.75, 3.05) is 0 Å². The molecule has 0 unspecified atom stereocenters. The fourth-order valence-electron chi connectivity index (χ4n) is 10.3. The minimum atomic E-state index is 0.975. The summed E-state index contributed by atoms with van der Waals surface area (Å²) in [5.74, 6) is 0.975. The van der Waals surface area contributed by atoms with Crippen LogP contribution in [0.5, 0.6) is 0 Å². The lowest BCUT2D eigenvalue weighted by Crippen LogP contribution is -1.92. The van der Waals surface area contributed by atoms with E-state index in [0.717, 1.165) is 22.4 Å². The van der Waals surface area contributed by atoms with E-state index in [-0.39, 0.29) is 0 Å². The highest BCUT2D eigenvalue weighted by Crippen LogP contribution is 2.54. The van der Waals surface area contributed by atoms with Gasteiger partial charge in [-0.3, -0.25) is 0 Å². The summed E-state index contributed by atoms with van der Waals surface area (Å²) in [5.41, 5.74) is 15.9. The maximum Gasteiger partial charge on any atom is 0.140 e. The Balaban J connectivity index is 0.961. The van der Waals surface area contributed by atoms with E-state index in [0.29, 0.717) is 0 Å². The predicted octanol–water partition coefficient (Wildman–Crippen LogP) is 15.7. The molecule has 11 aromatic carbocycles. The van der Waals surface area contributed by atoms with Crippen molar-refractivity contribution in [1.29, 1.82) is 0 Å². The molecule has 0 N–H and O–H groups in total. The highest BCUT2D eigenvalue weighted by molar-refractivity contribution is 6.30. The number of aryl methyl sites for hydroxylation is 1. The third-order valence-corrected chi connectivity index (χ3v) is 13.1. The molecule has 1 heterocycles. The number of nitrogens with zero attached hydrogens (tertiary/aromatic N) is 2. The third kappa shape index (κ3) is 4.73. The van der Waals surface area contributed by atoms with Crippen LogP contribution < -0.4 is 0 Å². The first kappa shape index (κ1) is 33.2. The van der Waals surface area contributed by atoms with Gasteiger partial charge in [0.1, 0.15) is 5.82 Å². The molecule has 0 saturated carbocycles. The molecule has 0 aliphatic heterocycles. The zero-order valence-electron chi connectivity index (χ0n) is 32.9. The van der Waals surface area contributed by atoms with Gasteiger partial charge in [0.05, 0.1) is 11.0 Å². The summed E-state index contributed by atoms with van der Waals surface area (Å²) in [5, 5.41) is 13.0. The van der Waals surface area contributed by atoms with Crippen LogP contribution in [0.15, 0.2) is 200 Å². The zero-order valence-corrected chi connectivity index (χ0v) is 32.9. The van der Waals surface area contributed by atoms with E-state index in [1.165, 1.54) is 109 Å². The van der Waals surface area contributed by atoms with Gasteiger partial charge >= 0.3 is 0 Å². The summed E-state index contributed by atoms with van der Waals surface area (Å²) < 4.78 is 2.18. The van der Waals surface area contributed by atoms with Crippen LogP contribution in [-0.4, -0.2) is 9.55 Å². The molecule has 1 aromatic heterocycles. The first-order valence-corrected chi connectivity index (χ1v) is 20.8. The van der Waals surface area contributed by atoms with E-state index >= 15 is 0 Å². The first-order valence-electron chi connectivity index (χ1n) is 20.8. The lowest BCUT2D eigenvalue weighted by atomic mass is 9.86. The number of hydrogen-bond donors (Lipinski definition) is 0. The van der Waals surface area contributed by atoms with Crippen LogP contribution in [0.4, 0.5) is 0 Å². The molecule has 0 radical (unpaired) electrons. The van der Waals surface area contributed by atoms with Crippen LogP contribution in [0.2, 0.25) is 0 Å². The summed E-state index contributed by atoms with van der Waals surface area (Å²) >= 11 is 0.